The zero-order valence-electron chi connectivity index (χ0n) is 19.6. The molecule has 2 aromatic carbocycles. The van der Waals surface area contributed by atoms with Crippen molar-refractivity contribution in [2.75, 3.05) is 10.6 Å². The highest BCUT2D eigenvalue weighted by Crippen LogP contribution is 2.20. The van der Waals surface area contributed by atoms with Crippen molar-refractivity contribution >= 4 is 32.9 Å². The first kappa shape index (κ1) is 24.1. The van der Waals surface area contributed by atoms with Crippen molar-refractivity contribution in [2.45, 2.75) is 37.3 Å². The van der Waals surface area contributed by atoms with Crippen LogP contribution in [0.1, 0.15) is 25.2 Å². The lowest BCUT2D eigenvalue weighted by Crippen LogP contribution is -2.15. The molecule has 4 aromatic rings. The van der Waals surface area contributed by atoms with Gasteiger partial charge in [-0.05, 0) is 62.7 Å². The minimum absolute atomic E-state index is 0.138. The highest BCUT2D eigenvalue weighted by atomic mass is 32.2. The molecule has 0 spiro atoms. The number of rotatable bonds is 8. The maximum atomic E-state index is 12.5. The van der Waals surface area contributed by atoms with Gasteiger partial charge in [-0.2, -0.15) is 0 Å². The zero-order valence-corrected chi connectivity index (χ0v) is 20.5. The molecule has 0 fully saturated rings. The smallest absolute Gasteiger partial charge is 0.228 e. The first-order valence-corrected chi connectivity index (χ1v) is 12.6. The van der Waals surface area contributed by atoms with Gasteiger partial charge in [0.25, 0.3) is 0 Å². The van der Waals surface area contributed by atoms with E-state index in [2.05, 4.69) is 25.6 Å². The Bertz CT molecular complexity index is 1430. The number of sulfone groups is 1. The fourth-order valence-electron chi connectivity index (χ4n) is 3.41. The van der Waals surface area contributed by atoms with Gasteiger partial charge in [-0.15, -0.1) is 0 Å². The molecule has 2 heterocycles. The number of anilines is 3. The minimum atomic E-state index is -3.33. The van der Waals surface area contributed by atoms with E-state index in [9.17, 15) is 13.2 Å². The van der Waals surface area contributed by atoms with Gasteiger partial charge in [-0.3, -0.25) is 9.36 Å². The van der Waals surface area contributed by atoms with Crippen molar-refractivity contribution in [1.82, 2.24) is 19.5 Å². The third-order valence-corrected chi connectivity index (χ3v) is 7.57. The van der Waals surface area contributed by atoms with Gasteiger partial charge in [0.15, 0.2) is 9.84 Å². The van der Waals surface area contributed by atoms with Crippen LogP contribution < -0.4 is 10.6 Å². The summed E-state index contributed by atoms with van der Waals surface area (Å²) in [4.78, 5) is 25.5. The molecule has 0 bridgehead atoms. The molecule has 2 N–H and O–H groups in total. The van der Waals surface area contributed by atoms with Crippen molar-refractivity contribution in [2.24, 2.45) is 0 Å². The third-order valence-electron chi connectivity index (χ3n) is 5.40. The van der Waals surface area contributed by atoms with Crippen LogP contribution in [0.4, 0.5) is 17.2 Å². The molecule has 0 saturated heterocycles. The Hall–Kier alpha value is -4.05. The van der Waals surface area contributed by atoms with Gasteiger partial charge in [-0.25, -0.2) is 23.4 Å². The number of carbonyl (C=O) groups excluding carboxylic acids is 1. The number of nitrogens with zero attached hydrogens (tertiary/aromatic N) is 4. The molecule has 0 unspecified atom stereocenters. The number of benzene rings is 2. The van der Waals surface area contributed by atoms with Gasteiger partial charge in [0.2, 0.25) is 5.91 Å². The predicted octanol–water partition coefficient (Wildman–Crippen LogP) is 4.08. The van der Waals surface area contributed by atoms with E-state index in [1.807, 2.05) is 35.9 Å². The fourth-order valence-corrected chi connectivity index (χ4v) is 4.47. The molecule has 0 radical (unpaired) electrons. The van der Waals surface area contributed by atoms with E-state index in [0.717, 1.165) is 17.1 Å². The summed E-state index contributed by atoms with van der Waals surface area (Å²) in [6.45, 7) is 5.18. The van der Waals surface area contributed by atoms with Gasteiger partial charge in [0.1, 0.15) is 23.8 Å². The molecule has 0 saturated carbocycles. The highest BCUT2D eigenvalue weighted by Gasteiger charge is 2.18. The van der Waals surface area contributed by atoms with Crippen molar-refractivity contribution < 1.29 is 13.2 Å². The topological polar surface area (TPSA) is 119 Å². The summed E-state index contributed by atoms with van der Waals surface area (Å²) in [6.07, 6.45) is 5.17. The van der Waals surface area contributed by atoms with E-state index in [1.54, 1.807) is 56.4 Å². The largest absolute Gasteiger partial charge is 0.340 e. The Morgan fingerprint density at radius 1 is 0.971 bits per heavy atom. The molecule has 180 valence electrons. The number of carbonyl (C=O) groups is 1. The number of aromatic nitrogens is 4. The lowest BCUT2D eigenvalue weighted by molar-refractivity contribution is -0.115. The summed E-state index contributed by atoms with van der Waals surface area (Å²) < 4.78 is 26.3. The standard InChI is InChI=1S/C25H26N6O3S/c1-17(2)35(33,34)22-10-4-19(5-11-22)14-25(32)30-21-8-6-20(7-9-21)29-23-15-24(28-16-27-23)31-13-12-26-18(31)3/h4-13,15-17H,14H2,1-3H3,(H,30,32)(H,27,28,29). The van der Waals surface area contributed by atoms with Gasteiger partial charge < -0.3 is 10.6 Å². The second-order valence-corrected chi connectivity index (χ2v) is 10.8. The van der Waals surface area contributed by atoms with Crippen molar-refractivity contribution in [3.05, 3.63) is 84.7 Å². The molecule has 9 nitrogen and oxygen atoms in total. The normalized spacial score (nSPS) is 11.4. The summed E-state index contributed by atoms with van der Waals surface area (Å²) in [6, 6.07) is 15.5. The van der Waals surface area contributed by atoms with Gasteiger partial charge in [0, 0.05) is 29.8 Å². The molecule has 0 aliphatic heterocycles. The molecule has 4 rings (SSSR count). The fraction of sp³-hybridized carbons (Fsp3) is 0.200. The number of amides is 1. The quantitative estimate of drug-likeness (QED) is 0.382. The SMILES string of the molecule is Cc1nccn1-c1cc(Nc2ccc(NC(=O)Cc3ccc(S(=O)(=O)C(C)C)cc3)cc2)ncn1. The van der Waals surface area contributed by atoms with Gasteiger partial charge in [0.05, 0.1) is 16.6 Å². The summed E-state index contributed by atoms with van der Waals surface area (Å²) in [7, 11) is -3.33. The van der Waals surface area contributed by atoms with E-state index in [1.165, 1.54) is 6.33 Å². The van der Waals surface area contributed by atoms with Crippen LogP contribution in [0.2, 0.25) is 0 Å². The molecule has 1 amide bonds. The van der Waals surface area contributed by atoms with E-state index < -0.39 is 15.1 Å². The number of hydrogen-bond acceptors (Lipinski definition) is 7. The second kappa shape index (κ2) is 10.1. The predicted molar refractivity (Wildman–Crippen MR) is 135 cm³/mol. The maximum absolute atomic E-state index is 12.5. The van der Waals surface area contributed by atoms with Crippen LogP contribution in [-0.2, 0) is 21.1 Å². The number of aryl methyl sites for hydroxylation is 1. The Balaban J connectivity index is 1.36. The lowest BCUT2D eigenvalue weighted by atomic mass is 10.1. The van der Waals surface area contributed by atoms with Crippen LogP contribution in [0.3, 0.4) is 0 Å². The zero-order chi connectivity index (χ0) is 25.0. The lowest BCUT2D eigenvalue weighted by Gasteiger charge is -2.10. The van der Waals surface area contributed by atoms with Crippen LogP contribution in [0.5, 0.6) is 0 Å². The monoisotopic (exact) mass is 490 g/mol. The Morgan fingerprint density at radius 2 is 1.66 bits per heavy atom. The van der Waals surface area contributed by atoms with Crippen molar-refractivity contribution in [1.29, 1.82) is 0 Å². The average Bonchev–Trinajstić information content (AvgIpc) is 3.26. The number of nitrogens with one attached hydrogen (secondary N) is 2. The van der Waals surface area contributed by atoms with Crippen LogP contribution in [-0.4, -0.2) is 39.1 Å². The molecular formula is C25H26N6O3S. The first-order chi connectivity index (χ1) is 16.7. The molecule has 0 aliphatic rings. The van der Waals surface area contributed by atoms with Crippen LogP contribution in [0.15, 0.2) is 78.2 Å². The summed E-state index contributed by atoms with van der Waals surface area (Å²) >= 11 is 0. The molecular weight excluding hydrogens is 464 g/mol. The van der Waals surface area contributed by atoms with Crippen LogP contribution in [0.25, 0.3) is 5.82 Å². The second-order valence-electron chi connectivity index (χ2n) is 8.27. The Kier molecular flexibility index (Phi) is 6.92. The van der Waals surface area contributed by atoms with E-state index in [4.69, 9.17) is 0 Å². The van der Waals surface area contributed by atoms with Gasteiger partial charge in [-0.1, -0.05) is 12.1 Å². The van der Waals surface area contributed by atoms with E-state index in [0.29, 0.717) is 17.3 Å². The molecule has 0 atom stereocenters. The Morgan fingerprint density at radius 3 is 2.29 bits per heavy atom. The molecule has 0 aliphatic carbocycles. The highest BCUT2D eigenvalue weighted by molar-refractivity contribution is 7.92. The molecule has 10 heteroatoms. The van der Waals surface area contributed by atoms with Gasteiger partial charge >= 0.3 is 0 Å². The third kappa shape index (κ3) is 5.72. The number of imidazole rings is 1. The van der Waals surface area contributed by atoms with Crippen LogP contribution in [0, 0.1) is 6.92 Å². The van der Waals surface area contributed by atoms with E-state index in [-0.39, 0.29) is 17.2 Å². The summed E-state index contributed by atoms with van der Waals surface area (Å²) in [5.74, 6) is 1.96. The van der Waals surface area contributed by atoms with Crippen LogP contribution >= 0.6 is 0 Å². The maximum Gasteiger partial charge on any atom is 0.228 e. The first-order valence-electron chi connectivity index (χ1n) is 11.0. The average molecular weight is 491 g/mol. The number of hydrogen-bond donors (Lipinski definition) is 2. The summed E-state index contributed by atoms with van der Waals surface area (Å²) in [5, 5.41) is 5.59. The van der Waals surface area contributed by atoms with E-state index >= 15 is 0 Å². The molecule has 2 aromatic heterocycles. The molecule has 35 heavy (non-hydrogen) atoms. The van der Waals surface area contributed by atoms with Crippen molar-refractivity contribution in [3.8, 4) is 5.82 Å². The Labute approximate surface area is 204 Å². The summed E-state index contributed by atoms with van der Waals surface area (Å²) in [5.41, 5.74) is 2.19. The minimum Gasteiger partial charge on any atom is -0.340 e. The van der Waals surface area contributed by atoms with Crippen molar-refractivity contribution in [3.63, 3.8) is 0 Å².